The number of rotatable bonds is 8. The summed E-state index contributed by atoms with van der Waals surface area (Å²) in [7, 11) is 1.57. The van der Waals surface area contributed by atoms with E-state index in [-0.39, 0.29) is 17.1 Å². The molecule has 32 heavy (non-hydrogen) atoms. The molecule has 9 heteroatoms. The number of carbonyl (C=O) groups is 1. The van der Waals surface area contributed by atoms with Gasteiger partial charge in [-0.2, -0.15) is 0 Å². The zero-order valence-electron chi connectivity index (χ0n) is 17.8. The molecule has 1 saturated heterocycles. The molecule has 0 aromatic heterocycles. The predicted molar refractivity (Wildman–Crippen MR) is 113 cm³/mol. The van der Waals surface area contributed by atoms with Gasteiger partial charge in [-0.05, 0) is 36.2 Å². The van der Waals surface area contributed by atoms with E-state index in [0.717, 1.165) is 5.56 Å². The second-order valence-corrected chi connectivity index (χ2v) is 7.78. The van der Waals surface area contributed by atoms with Gasteiger partial charge in [-0.1, -0.05) is 25.1 Å². The number of benzene rings is 2. The number of ether oxygens (including phenoxy) is 3. The second kappa shape index (κ2) is 10.3. The van der Waals surface area contributed by atoms with Crippen LogP contribution in [-0.4, -0.2) is 75.7 Å². The van der Waals surface area contributed by atoms with Crippen LogP contribution in [0.3, 0.4) is 0 Å². The lowest BCUT2D eigenvalue weighted by molar-refractivity contribution is -0.277. The van der Waals surface area contributed by atoms with Gasteiger partial charge in [0.15, 0.2) is 5.78 Å². The number of phenols is 1. The van der Waals surface area contributed by atoms with Crippen molar-refractivity contribution in [1.82, 2.24) is 0 Å². The van der Waals surface area contributed by atoms with E-state index in [4.69, 9.17) is 14.2 Å². The molecule has 1 aliphatic rings. The topological polar surface area (TPSA) is 146 Å². The van der Waals surface area contributed by atoms with E-state index in [1.807, 2.05) is 12.1 Å². The highest BCUT2D eigenvalue weighted by Crippen LogP contribution is 2.33. The highest BCUT2D eigenvalue weighted by molar-refractivity contribution is 6.02. The summed E-state index contributed by atoms with van der Waals surface area (Å²) in [6.45, 7) is 1.10. The van der Waals surface area contributed by atoms with E-state index in [1.165, 1.54) is 18.2 Å². The van der Waals surface area contributed by atoms with Gasteiger partial charge in [0.25, 0.3) is 0 Å². The Morgan fingerprint density at radius 3 is 2.38 bits per heavy atom. The fraction of sp³-hybridized carbons (Fsp3) is 0.435. The number of phenolic OH excluding ortho intramolecular Hbond substituents is 1. The number of aromatic hydroxyl groups is 1. The van der Waals surface area contributed by atoms with Gasteiger partial charge in [-0.3, -0.25) is 4.79 Å². The Kier molecular flexibility index (Phi) is 7.70. The normalized spacial score (nSPS) is 26.4. The minimum atomic E-state index is -1.64. The monoisotopic (exact) mass is 448 g/mol. The van der Waals surface area contributed by atoms with E-state index in [0.29, 0.717) is 12.2 Å². The van der Waals surface area contributed by atoms with Crippen LogP contribution in [0.25, 0.3) is 0 Å². The highest BCUT2D eigenvalue weighted by Gasteiger charge is 2.45. The molecule has 0 amide bonds. The Morgan fingerprint density at radius 1 is 1.06 bits per heavy atom. The van der Waals surface area contributed by atoms with E-state index < -0.39 is 49.0 Å². The maximum atomic E-state index is 13.2. The Hall–Kier alpha value is -2.69. The first-order valence-corrected chi connectivity index (χ1v) is 10.2. The molecule has 0 aliphatic carbocycles. The first-order valence-electron chi connectivity index (χ1n) is 10.2. The third-order valence-electron chi connectivity index (χ3n) is 5.49. The van der Waals surface area contributed by atoms with Crippen molar-refractivity contribution in [3.63, 3.8) is 0 Å². The number of aliphatic hydroxyl groups excluding tert-OH is 4. The zero-order chi connectivity index (χ0) is 23.4. The van der Waals surface area contributed by atoms with Crippen molar-refractivity contribution in [1.29, 1.82) is 0 Å². The molecule has 174 valence electrons. The molecule has 0 spiro atoms. The van der Waals surface area contributed by atoms with Crippen LogP contribution in [0.1, 0.15) is 22.8 Å². The SMILES string of the molecule is COc1ccc(CC(C)C(=O)c2c(O)cccc2O[C@@H]2O[C@H](CO)[C@@H](O)[C@H](O)[C@H]2O)cc1. The van der Waals surface area contributed by atoms with Crippen LogP contribution in [0.5, 0.6) is 17.2 Å². The summed E-state index contributed by atoms with van der Waals surface area (Å²) in [5.41, 5.74) is 0.809. The molecule has 0 radical (unpaired) electrons. The molecule has 3 rings (SSSR count). The van der Waals surface area contributed by atoms with Gasteiger partial charge in [-0.15, -0.1) is 0 Å². The van der Waals surface area contributed by atoms with Crippen LogP contribution < -0.4 is 9.47 Å². The number of ketones is 1. The molecular formula is C23H28O9. The van der Waals surface area contributed by atoms with Crippen molar-refractivity contribution >= 4 is 5.78 Å². The van der Waals surface area contributed by atoms with Gasteiger partial charge in [0.2, 0.25) is 6.29 Å². The van der Waals surface area contributed by atoms with Crippen LogP contribution >= 0.6 is 0 Å². The van der Waals surface area contributed by atoms with Crippen molar-refractivity contribution in [3.05, 3.63) is 53.6 Å². The summed E-state index contributed by atoms with van der Waals surface area (Å²) in [5, 5.41) is 49.9. The number of carbonyl (C=O) groups excluding carboxylic acids is 1. The maximum Gasteiger partial charge on any atom is 0.229 e. The van der Waals surface area contributed by atoms with Gasteiger partial charge in [0, 0.05) is 5.92 Å². The Morgan fingerprint density at radius 2 is 1.75 bits per heavy atom. The standard InChI is InChI=1S/C23H28O9/c1-12(10-13-6-8-14(30-2)9-7-13)19(26)18-15(25)4-3-5-16(18)31-23-22(29)21(28)20(27)17(11-24)32-23/h3-9,12,17,20-25,27-29H,10-11H2,1-2H3/t12?,17-,20-,21+,22-,23-/m1/s1. The summed E-state index contributed by atoms with van der Waals surface area (Å²) in [4.78, 5) is 13.2. The summed E-state index contributed by atoms with van der Waals surface area (Å²) in [6, 6.07) is 11.5. The lowest BCUT2D eigenvalue weighted by Gasteiger charge is -2.39. The van der Waals surface area contributed by atoms with Crippen molar-refractivity contribution in [2.24, 2.45) is 5.92 Å². The quantitative estimate of drug-likeness (QED) is 0.367. The van der Waals surface area contributed by atoms with Gasteiger partial charge in [0.05, 0.1) is 13.7 Å². The molecule has 1 aliphatic heterocycles. The highest BCUT2D eigenvalue weighted by atomic mass is 16.7. The number of methoxy groups -OCH3 is 1. The Balaban J connectivity index is 1.81. The largest absolute Gasteiger partial charge is 0.507 e. The minimum Gasteiger partial charge on any atom is -0.507 e. The molecule has 0 bridgehead atoms. The Bertz CT molecular complexity index is 912. The molecule has 9 nitrogen and oxygen atoms in total. The number of aliphatic hydroxyl groups is 4. The van der Waals surface area contributed by atoms with Crippen LogP contribution in [0, 0.1) is 5.92 Å². The van der Waals surface area contributed by atoms with Crippen molar-refractivity contribution < 1.29 is 44.5 Å². The van der Waals surface area contributed by atoms with Crippen LogP contribution in [0.4, 0.5) is 0 Å². The van der Waals surface area contributed by atoms with Gasteiger partial charge < -0.3 is 39.7 Å². The number of hydrogen-bond donors (Lipinski definition) is 5. The van der Waals surface area contributed by atoms with Gasteiger partial charge >= 0.3 is 0 Å². The first-order chi connectivity index (χ1) is 15.3. The smallest absolute Gasteiger partial charge is 0.229 e. The zero-order valence-corrected chi connectivity index (χ0v) is 17.8. The molecule has 1 fully saturated rings. The summed E-state index contributed by atoms with van der Waals surface area (Å²) < 4.78 is 16.1. The average molecular weight is 448 g/mol. The average Bonchev–Trinajstić information content (AvgIpc) is 2.79. The van der Waals surface area contributed by atoms with Crippen molar-refractivity contribution in [2.45, 2.75) is 44.1 Å². The lowest BCUT2D eigenvalue weighted by Crippen LogP contribution is -2.60. The van der Waals surface area contributed by atoms with Crippen molar-refractivity contribution in [2.75, 3.05) is 13.7 Å². The van der Waals surface area contributed by atoms with E-state index >= 15 is 0 Å². The molecule has 2 aromatic carbocycles. The molecule has 1 heterocycles. The van der Waals surface area contributed by atoms with Gasteiger partial charge in [-0.25, -0.2) is 0 Å². The van der Waals surface area contributed by atoms with Gasteiger partial charge in [0.1, 0.15) is 47.2 Å². The molecular weight excluding hydrogens is 420 g/mol. The lowest BCUT2D eigenvalue weighted by atomic mass is 9.92. The summed E-state index contributed by atoms with van der Waals surface area (Å²) in [5.74, 6) is -0.574. The second-order valence-electron chi connectivity index (χ2n) is 7.78. The molecule has 0 saturated carbocycles. The fourth-order valence-electron chi connectivity index (χ4n) is 3.61. The van der Waals surface area contributed by atoms with E-state index in [9.17, 15) is 30.3 Å². The fourth-order valence-corrected chi connectivity index (χ4v) is 3.61. The minimum absolute atomic E-state index is 0.0547. The van der Waals surface area contributed by atoms with Crippen LogP contribution in [0.2, 0.25) is 0 Å². The van der Waals surface area contributed by atoms with Crippen LogP contribution in [0.15, 0.2) is 42.5 Å². The van der Waals surface area contributed by atoms with E-state index in [2.05, 4.69) is 0 Å². The third kappa shape index (κ3) is 5.03. The molecule has 1 unspecified atom stereocenters. The van der Waals surface area contributed by atoms with Crippen molar-refractivity contribution in [3.8, 4) is 17.2 Å². The summed E-state index contributed by atoms with van der Waals surface area (Å²) >= 11 is 0. The molecule has 5 N–H and O–H groups in total. The number of hydrogen-bond acceptors (Lipinski definition) is 9. The molecule has 6 atom stereocenters. The third-order valence-corrected chi connectivity index (χ3v) is 5.49. The summed E-state index contributed by atoms with van der Waals surface area (Å²) in [6.07, 6.45) is -7.05. The first kappa shape index (κ1) is 24.0. The van der Waals surface area contributed by atoms with Crippen LogP contribution in [-0.2, 0) is 11.2 Å². The number of Topliss-reactive ketones (excluding diaryl/α,β-unsaturated/α-hetero) is 1. The molecule has 2 aromatic rings. The maximum absolute atomic E-state index is 13.2. The predicted octanol–water partition coefficient (Wildman–Crippen LogP) is 0.641. The Labute approximate surface area is 185 Å². The van der Waals surface area contributed by atoms with E-state index in [1.54, 1.807) is 26.2 Å².